The molecule has 1 fully saturated rings. The Morgan fingerprint density at radius 3 is 2.53 bits per heavy atom. The number of rotatable bonds is 9. The van der Waals surface area contributed by atoms with E-state index in [0.29, 0.717) is 16.3 Å². The zero-order chi connectivity index (χ0) is 30.5. The number of amides is 2. The average Bonchev–Trinajstić information content (AvgIpc) is 3.32. The number of aliphatic imine (C=N–C) groups is 1. The number of halogens is 1. The molecule has 0 aromatic heterocycles. The average molecular weight is 605 g/mol. The minimum atomic E-state index is -0.458. The van der Waals surface area contributed by atoms with Crippen LogP contribution in [0.4, 0.5) is 5.69 Å². The van der Waals surface area contributed by atoms with E-state index in [0.717, 1.165) is 22.5 Å². The molecular weight excluding hydrogens is 572 g/mol. The molecule has 43 heavy (non-hydrogen) atoms. The van der Waals surface area contributed by atoms with Gasteiger partial charge in [0.25, 0.3) is 0 Å². The number of benzene rings is 3. The number of fused-ring (bicyclic) bond motifs is 3. The van der Waals surface area contributed by atoms with E-state index in [-0.39, 0.29) is 55.2 Å². The van der Waals surface area contributed by atoms with E-state index in [4.69, 9.17) is 21.3 Å². The van der Waals surface area contributed by atoms with E-state index in [1.54, 1.807) is 13.2 Å². The van der Waals surface area contributed by atoms with Crippen LogP contribution in [0.3, 0.4) is 0 Å². The number of anilines is 1. The largest absolute Gasteiger partial charge is 0.504 e. The molecule has 0 spiro atoms. The van der Waals surface area contributed by atoms with Gasteiger partial charge in [0.15, 0.2) is 11.5 Å². The molecule has 3 aromatic carbocycles. The van der Waals surface area contributed by atoms with Crippen molar-refractivity contribution in [3.63, 3.8) is 0 Å². The zero-order valence-corrected chi connectivity index (χ0v) is 24.4. The van der Waals surface area contributed by atoms with Gasteiger partial charge in [-0.15, -0.1) is 0 Å². The third-order valence-electron chi connectivity index (χ3n) is 7.24. The quantitative estimate of drug-likeness (QED) is 0.124. The molecule has 6 N–H and O–H groups in total. The summed E-state index contributed by atoms with van der Waals surface area (Å²) in [5.41, 5.74) is 10.6. The van der Waals surface area contributed by atoms with Crippen LogP contribution in [0.25, 0.3) is 6.08 Å². The Bertz CT molecular complexity index is 1560. The van der Waals surface area contributed by atoms with Crippen molar-refractivity contribution in [3.05, 3.63) is 88.5 Å². The maximum Gasteiger partial charge on any atom is 0.244 e. The molecule has 11 nitrogen and oxygen atoms in total. The number of carbonyl (C=O) groups is 2. The van der Waals surface area contributed by atoms with Crippen LogP contribution >= 0.6 is 11.6 Å². The highest BCUT2D eigenvalue weighted by atomic mass is 35.5. The number of methoxy groups -OCH3 is 1. The highest BCUT2D eigenvalue weighted by Crippen LogP contribution is 2.36. The van der Waals surface area contributed by atoms with Crippen LogP contribution in [0.1, 0.15) is 30.0 Å². The fourth-order valence-electron chi connectivity index (χ4n) is 5.11. The lowest BCUT2D eigenvalue weighted by Gasteiger charge is -2.31. The molecular formula is C31H33ClN6O5. The molecule has 1 saturated heterocycles. The molecule has 0 saturated carbocycles. The van der Waals surface area contributed by atoms with Crippen LogP contribution in [0.15, 0.2) is 71.7 Å². The zero-order valence-electron chi connectivity index (χ0n) is 23.7. The van der Waals surface area contributed by atoms with Crippen molar-refractivity contribution in [1.82, 2.24) is 21.5 Å². The van der Waals surface area contributed by atoms with Gasteiger partial charge in [-0.1, -0.05) is 29.8 Å². The number of nitrogens with zero attached hydrogens (tertiary/aromatic N) is 2. The van der Waals surface area contributed by atoms with Crippen molar-refractivity contribution in [2.75, 3.05) is 25.1 Å². The fraction of sp³-hybridized carbons (Fsp3) is 0.258. The predicted octanol–water partition coefficient (Wildman–Crippen LogP) is 2.90. The van der Waals surface area contributed by atoms with Crippen LogP contribution in [0, 0.1) is 0 Å². The Balaban J connectivity index is 1.28. The lowest BCUT2D eigenvalue weighted by Crippen LogP contribution is -2.48. The van der Waals surface area contributed by atoms with Crippen molar-refractivity contribution in [2.24, 2.45) is 4.99 Å². The molecule has 3 aromatic rings. The van der Waals surface area contributed by atoms with Crippen molar-refractivity contribution < 1.29 is 24.5 Å². The van der Waals surface area contributed by atoms with E-state index < -0.39 is 6.04 Å². The number of nitrogens with one attached hydrogen (secondary N) is 4. The fourth-order valence-corrected chi connectivity index (χ4v) is 5.23. The van der Waals surface area contributed by atoms with E-state index in [1.807, 2.05) is 49.4 Å². The number of hydrazine groups is 1. The molecule has 5 rings (SSSR count). The van der Waals surface area contributed by atoms with Crippen LogP contribution in [0.5, 0.6) is 17.2 Å². The van der Waals surface area contributed by atoms with Gasteiger partial charge in [-0.2, -0.15) is 0 Å². The van der Waals surface area contributed by atoms with Crippen LogP contribution < -0.4 is 31.1 Å². The topological polar surface area (TPSA) is 148 Å². The Morgan fingerprint density at radius 2 is 1.79 bits per heavy atom. The van der Waals surface area contributed by atoms with Gasteiger partial charge in [-0.05, 0) is 61.0 Å². The summed E-state index contributed by atoms with van der Waals surface area (Å²) in [5.74, 6) is -0.382. The summed E-state index contributed by atoms with van der Waals surface area (Å²) in [5, 5.41) is 25.2. The number of aromatic hydroxyl groups is 2. The highest BCUT2D eigenvalue weighted by Gasteiger charge is 2.40. The van der Waals surface area contributed by atoms with Gasteiger partial charge in [0.1, 0.15) is 11.9 Å². The van der Waals surface area contributed by atoms with Gasteiger partial charge in [0.05, 0.1) is 31.4 Å². The van der Waals surface area contributed by atoms with Gasteiger partial charge in [0, 0.05) is 41.0 Å². The molecule has 2 heterocycles. The maximum atomic E-state index is 13.1. The Morgan fingerprint density at radius 1 is 1.02 bits per heavy atom. The lowest BCUT2D eigenvalue weighted by molar-refractivity contribution is -0.122. The molecule has 12 heteroatoms. The molecule has 3 atom stereocenters. The molecule has 2 aliphatic rings. The second-order valence-corrected chi connectivity index (χ2v) is 10.6. The number of hydrogen-bond acceptors (Lipinski definition) is 9. The van der Waals surface area contributed by atoms with Crippen molar-refractivity contribution >= 4 is 40.9 Å². The Hall–Kier alpha value is -4.58. The summed E-state index contributed by atoms with van der Waals surface area (Å²) < 4.78 is 5.53. The predicted molar refractivity (Wildman–Crippen MR) is 165 cm³/mol. The number of hydrogen-bond donors (Lipinski definition) is 6. The van der Waals surface area contributed by atoms with Gasteiger partial charge >= 0.3 is 0 Å². The summed E-state index contributed by atoms with van der Waals surface area (Å²) in [7, 11) is 1.62. The van der Waals surface area contributed by atoms with Crippen LogP contribution in [-0.2, 0) is 9.59 Å². The van der Waals surface area contributed by atoms with E-state index >= 15 is 0 Å². The summed E-state index contributed by atoms with van der Waals surface area (Å²) in [6.07, 6.45) is 2.55. The molecule has 0 radical (unpaired) electrons. The number of ether oxygens (including phenoxy) is 1. The minimum absolute atomic E-state index is 0.0729. The van der Waals surface area contributed by atoms with E-state index in [9.17, 15) is 19.8 Å². The van der Waals surface area contributed by atoms with Gasteiger partial charge in [0.2, 0.25) is 11.8 Å². The molecule has 0 bridgehead atoms. The number of phenolic OH excluding ortho intramolecular Hbond substituents is 2. The Kier molecular flexibility index (Phi) is 9.15. The van der Waals surface area contributed by atoms with Gasteiger partial charge < -0.3 is 30.5 Å². The summed E-state index contributed by atoms with van der Waals surface area (Å²) >= 11 is 6.18. The lowest BCUT2D eigenvalue weighted by atomic mass is 9.99. The Labute approximate surface area is 254 Å². The maximum absolute atomic E-state index is 13.1. The standard InChI is InChI=1S/C31H33ClN6O5/c1-18-36-37-31-24(17-29(42)34-14-13-33-28(41)12-4-19-3-11-26(39)27(40)15-19)35-30(20-5-7-21(32)8-6-20)23-16-22(43-2)9-10-25(23)38(18)31/h3-12,15-16,18,24,31,36-37,39-40H,13-14,17H2,1-2H3,(H,33,41)(H,34,42). The highest BCUT2D eigenvalue weighted by molar-refractivity contribution is 6.30. The third-order valence-corrected chi connectivity index (χ3v) is 7.49. The summed E-state index contributed by atoms with van der Waals surface area (Å²) in [6, 6.07) is 17.1. The van der Waals surface area contributed by atoms with E-state index in [2.05, 4.69) is 26.4 Å². The molecule has 2 aliphatic heterocycles. The minimum Gasteiger partial charge on any atom is -0.504 e. The van der Waals surface area contributed by atoms with Gasteiger partial charge in [-0.25, -0.2) is 10.9 Å². The van der Waals surface area contributed by atoms with Crippen LogP contribution in [0.2, 0.25) is 5.02 Å². The molecule has 0 aliphatic carbocycles. The number of carbonyl (C=O) groups excluding carboxylic acids is 2. The SMILES string of the molecule is COc1ccc2c(c1)C(c1ccc(Cl)cc1)=NC(CC(=O)NCCNC(=O)C=Cc1ccc(O)c(O)c1)C1NNC(C)N21. The smallest absolute Gasteiger partial charge is 0.244 e. The van der Waals surface area contributed by atoms with Crippen molar-refractivity contribution in [3.8, 4) is 17.2 Å². The molecule has 2 amide bonds. The van der Waals surface area contributed by atoms with Gasteiger partial charge in [-0.3, -0.25) is 14.6 Å². The third kappa shape index (κ3) is 6.91. The number of phenols is 2. The second-order valence-electron chi connectivity index (χ2n) is 10.2. The first-order chi connectivity index (χ1) is 20.7. The first-order valence-corrected chi connectivity index (χ1v) is 14.2. The second kappa shape index (κ2) is 13.2. The first-order valence-electron chi connectivity index (χ1n) is 13.8. The monoisotopic (exact) mass is 604 g/mol. The van der Waals surface area contributed by atoms with Crippen molar-refractivity contribution in [2.45, 2.75) is 31.7 Å². The summed E-state index contributed by atoms with van der Waals surface area (Å²) in [6.45, 7) is 2.48. The van der Waals surface area contributed by atoms with Crippen LogP contribution in [-0.4, -0.2) is 66.3 Å². The summed E-state index contributed by atoms with van der Waals surface area (Å²) in [4.78, 5) is 32.6. The molecule has 3 unspecified atom stereocenters. The van der Waals surface area contributed by atoms with Crippen molar-refractivity contribution in [1.29, 1.82) is 0 Å². The molecule has 224 valence electrons. The normalized spacial score (nSPS) is 19.3. The van der Waals surface area contributed by atoms with E-state index in [1.165, 1.54) is 24.3 Å². The first kappa shape index (κ1) is 29.9.